The largest absolute Gasteiger partial charge is 0.341 e. The van der Waals surface area contributed by atoms with Crippen LogP contribution in [-0.2, 0) is 4.79 Å². The van der Waals surface area contributed by atoms with Crippen LogP contribution >= 0.6 is 0 Å². The Balaban J connectivity index is 1.86. The van der Waals surface area contributed by atoms with Crippen molar-refractivity contribution < 1.29 is 4.79 Å². The number of hydrogen-bond donors (Lipinski definition) is 1. The van der Waals surface area contributed by atoms with E-state index in [0.29, 0.717) is 11.3 Å². The summed E-state index contributed by atoms with van der Waals surface area (Å²) >= 11 is 0. The highest BCUT2D eigenvalue weighted by molar-refractivity contribution is 5.82. The maximum Gasteiger partial charge on any atom is 0.239 e. The summed E-state index contributed by atoms with van der Waals surface area (Å²) < 4.78 is 0. The molecule has 3 nitrogen and oxygen atoms in total. The number of piperidine rings is 1. The van der Waals surface area contributed by atoms with Gasteiger partial charge in [-0.1, -0.05) is 20.3 Å². The predicted octanol–water partition coefficient (Wildman–Crippen LogP) is 2.56. The molecule has 1 N–H and O–H groups in total. The van der Waals surface area contributed by atoms with E-state index < -0.39 is 0 Å². The van der Waals surface area contributed by atoms with E-state index >= 15 is 0 Å². The van der Waals surface area contributed by atoms with Gasteiger partial charge >= 0.3 is 0 Å². The molecule has 1 aliphatic carbocycles. The summed E-state index contributed by atoms with van der Waals surface area (Å²) in [6.07, 6.45) is 8.49. The molecule has 2 rings (SSSR count). The number of carbonyl (C=O) groups excluding carboxylic acids is 1. The zero-order valence-electron chi connectivity index (χ0n) is 12.0. The first-order valence-electron chi connectivity index (χ1n) is 7.73. The molecule has 2 fully saturated rings. The number of hydrogen-bond acceptors (Lipinski definition) is 2. The molecule has 104 valence electrons. The number of amides is 1. The van der Waals surface area contributed by atoms with Gasteiger partial charge in [-0.3, -0.25) is 4.79 Å². The van der Waals surface area contributed by atoms with Gasteiger partial charge in [0.2, 0.25) is 5.91 Å². The predicted molar refractivity (Wildman–Crippen MR) is 74.5 cm³/mol. The fourth-order valence-electron chi connectivity index (χ4n) is 3.20. The molecule has 1 aliphatic heterocycles. The molecule has 0 aromatic rings. The molecule has 0 radical (unpaired) electrons. The summed E-state index contributed by atoms with van der Waals surface area (Å²) in [7, 11) is 0. The summed E-state index contributed by atoms with van der Waals surface area (Å²) in [5.41, 5.74) is 0.497. The summed E-state index contributed by atoms with van der Waals surface area (Å²) in [6.45, 7) is 7.37. The lowest BCUT2D eigenvalue weighted by atomic mass is 9.97. The normalized spacial score (nSPS) is 26.4. The Bertz CT molecular complexity index is 286. The number of nitrogens with zero attached hydrogens (tertiary/aromatic N) is 1. The van der Waals surface area contributed by atoms with E-state index in [-0.39, 0.29) is 6.04 Å². The van der Waals surface area contributed by atoms with Gasteiger partial charge in [0.1, 0.15) is 0 Å². The van der Waals surface area contributed by atoms with Crippen molar-refractivity contribution in [3.8, 4) is 0 Å². The number of rotatable bonds is 7. The van der Waals surface area contributed by atoms with Crippen LogP contribution < -0.4 is 5.32 Å². The van der Waals surface area contributed by atoms with Gasteiger partial charge in [0.25, 0.3) is 0 Å². The summed E-state index contributed by atoms with van der Waals surface area (Å²) in [4.78, 5) is 14.5. The van der Waals surface area contributed by atoms with Gasteiger partial charge in [-0.05, 0) is 50.5 Å². The molecule has 1 unspecified atom stereocenters. The zero-order chi connectivity index (χ0) is 13.0. The van der Waals surface area contributed by atoms with Crippen molar-refractivity contribution in [3.05, 3.63) is 0 Å². The van der Waals surface area contributed by atoms with Crippen LogP contribution in [-0.4, -0.2) is 36.5 Å². The third-order valence-corrected chi connectivity index (χ3v) is 4.44. The lowest BCUT2D eigenvalue weighted by Gasteiger charge is -2.35. The second kappa shape index (κ2) is 6.05. The molecule has 3 heteroatoms. The van der Waals surface area contributed by atoms with E-state index in [1.54, 1.807) is 0 Å². The van der Waals surface area contributed by atoms with Gasteiger partial charge < -0.3 is 10.2 Å². The van der Waals surface area contributed by atoms with Crippen LogP contribution in [0.3, 0.4) is 0 Å². The number of carbonyl (C=O) groups is 1. The van der Waals surface area contributed by atoms with Gasteiger partial charge in [0, 0.05) is 13.1 Å². The monoisotopic (exact) mass is 252 g/mol. The van der Waals surface area contributed by atoms with Gasteiger partial charge in [-0.25, -0.2) is 0 Å². The van der Waals surface area contributed by atoms with E-state index in [9.17, 15) is 4.79 Å². The quantitative estimate of drug-likeness (QED) is 0.755. The van der Waals surface area contributed by atoms with Crippen molar-refractivity contribution in [1.29, 1.82) is 0 Å². The third kappa shape index (κ3) is 3.25. The van der Waals surface area contributed by atoms with E-state index in [0.717, 1.165) is 38.9 Å². The Hall–Kier alpha value is -0.570. The van der Waals surface area contributed by atoms with Crippen molar-refractivity contribution in [2.24, 2.45) is 5.41 Å². The maximum absolute atomic E-state index is 12.4. The smallest absolute Gasteiger partial charge is 0.239 e. The average molecular weight is 252 g/mol. The van der Waals surface area contributed by atoms with Crippen molar-refractivity contribution >= 4 is 5.91 Å². The Morgan fingerprint density at radius 1 is 1.33 bits per heavy atom. The van der Waals surface area contributed by atoms with E-state index in [1.165, 1.54) is 25.7 Å². The van der Waals surface area contributed by atoms with Crippen LogP contribution in [0.2, 0.25) is 0 Å². The molecular weight excluding hydrogens is 224 g/mol. The molecule has 1 amide bonds. The molecule has 1 atom stereocenters. The van der Waals surface area contributed by atoms with Crippen molar-refractivity contribution in [2.75, 3.05) is 19.6 Å². The van der Waals surface area contributed by atoms with Gasteiger partial charge in [0.15, 0.2) is 0 Å². The molecule has 0 aromatic heterocycles. The Kier molecular flexibility index (Phi) is 4.66. The highest BCUT2D eigenvalue weighted by Gasteiger charge is 2.44. The standard InChI is InChI=1S/C15H28N2O/c1-3-7-15(8-9-15)12-17-11-5-6-13(14(17)18)16-10-4-2/h13,16H,3-12H2,1-2H3. The molecule has 2 aliphatic rings. The van der Waals surface area contributed by atoms with Crippen LogP contribution in [0, 0.1) is 5.41 Å². The summed E-state index contributed by atoms with van der Waals surface area (Å²) in [5, 5.41) is 3.40. The van der Waals surface area contributed by atoms with Gasteiger partial charge in [-0.2, -0.15) is 0 Å². The second-order valence-corrected chi connectivity index (χ2v) is 6.16. The highest BCUT2D eigenvalue weighted by atomic mass is 16.2. The number of nitrogens with one attached hydrogen (secondary N) is 1. The Labute approximate surface area is 111 Å². The van der Waals surface area contributed by atoms with Gasteiger partial charge in [0.05, 0.1) is 6.04 Å². The zero-order valence-corrected chi connectivity index (χ0v) is 12.0. The van der Waals surface area contributed by atoms with Crippen LogP contribution in [0.25, 0.3) is 0 Å². The van der Waals surface area contributed by atoms with Crippen LogP contribution in [0.4, 0.5) is 0 Å². The lowest BCUT2D eigenvalue weighted by Crippen LogP contribution is -2.52. The van der Waals surface area contributed by atoms with Crippen LogP contribution in [0.15, 0.2) is 0 Å². The molecular formula is C15H28N2O. The first-order chi connectivity index (χ1) is 8.71. The first kappa shape index (κ1) is 13.9. The molecule has 1 heterocycles. The number of likely N-dealkylation sites (tertiary alicyclic amines) is 1. The third-order valence-electron chi connectivity index (χ3n) is 4.44. The Morgan fingerprint density at radius 3 is 2.72 bits per heavy atom. The highest BCUT2D eigenvalue weighted by Crippen LogP contribution is 2.50. The van der Waals surface area contributed by atoms with Crippen molar-refractivity contribution in [2.45, 2.75) is 64.8 Å². The molecule has 18 heavy (non-hydrogen) atoms. The Morgan fingerprint density at radius 2 is 2.11 bits per heavy atom. The van der Waals surface area contributed by atoms with Crippen molar-refractivity contribution in [1.82, 2.24) is 10.2 Å². The summed E-state index contributed by atoms with van der Waals surface area (Å²) in [5.74, 6) is 0.358. The first-order valence-corrected chi connectivity index (χ1v) is 7.73. The SMILES string of the molecule is CCCNC1CCCN(CC2(CCC)CC2)C1=O. The minimum absolute atomic E-state index is 0.0936. The molecule has 0 spiro atoms. The lowest BCUT2D eigenvalue weighted by molar-refractivity contribution is -0.137. The molecule has 1 saturated carbocycles. The van der Waals surface area contributed by atoms with Gasteiger partial charge in [-0.15, -0.1) is 0 Å². The van der Waals surface area contributed by atoms with Crippen LogP contribution in [0.5, 0.6) is 0 Å². The van der Waals surface area contributed by atoms with E-state index in [1.807, 2.05) is 0 Å². The van der Waals surface area contributed by atoms with Crippen LogP contribution in [0.1, 0.15) is 58.8 Å². The van der Waals surface area contributed by atoms with E-state index in [4.69, 9.17) is 0 Å². The topological polar surface area (TPSA) is 32.3 Å². The average Bonchev–Trinajstić information content (AvgIpc) is 3.11. The summed E-state index contributed by atoms with van der Waals surface area (Å²) in [6, 6.07) is 0.0936. The molecule has 1 saturated heterocycles. The fourth-order valence-corrected chi connectivity index (χ4v) is 3.20. The van der Waals surface area contributed by atoms with E-state index in [2.05, 4.69) is 24.1 Å². The second-order valence-electron chi connectivity index (χ2n) is 6.16. The van der Waals surface area contributed by atoms with Crippen molar-refractivity contribution in [3.63, 3.8) is 0 Å². The molecule has 0 aromatic carbocycles. The fraction of sp³-hybridized carbons (Fsp3) is 0.933. The molecule has 0 bridgehead atoms. The minimum Gasteiger partial charge on any atom is -0.341 e. The minimum atomic E-state index is 0.0936. The maximum atomic E-state index is 12.4.